The van der Waals surface area contributed by atoms with Crippen LogP contribution in [-0.4, -0.2) is 47.3 Å². The summed E-state index contributed by atoms with van der Waals surface area (Å²) in [5.74, 6) is -1.48. The summed E-state index contributed by atoms with van der Waals surface area (Å²) in [6.07, 6.45) is 0.571. The summed E-state index contributed by atoms with van der Waals surface area (Å²) < 4.78 is 12.1. The molecule has 1 unspecified atom stereocenters. The number of nitrogens with one attached hydrogen (secondary N) is 2. The molecular formula is C18H21N3O7. The molecule has 0 spiro atoms. The van der Waals surface area contributed by atoms with Gasteiger partial charge in [0.1, 0.15) is 6.04 Å². The number of imide groups is 1. The van der Waals surface area contributed by atoms with Gasteiger partial charge in [-0.05, 0) is 30.9 Å². The Labute approximate surface area is 159 Å². The molecule has 1 aromatic carbocycles. The molecule has 1 aromatic heterocycles. The van der Waals surface area contributed by atoms with E-state index in [1.54, 1.807) is 12.1 Å². The zero-order chi connectivity index (χ0) is 20.1. The maximum absolute atomic E-state index is 12.4. The fraction of sp³-hybridized carbons (Fsp3) is 0.444. The second kappa shape index (κ2) is 8.70. The molecule has 2 aromatic rings. The summed E-state index contributed by atoms with van der Waals surface area (Å²) in [5.41, 5.74) is 1.75. The van der Waals surface area contributed by atoms with Crippen LogP contribution in [-0.2, 0) is 20.7 Å². The molecule has 10 heteroatoms. The highest BCUT2D eigenvalue weighted by Crippen LogP contribution is 2.25. The first-order chi connectivity index (χ1) is 13.5. The molecule has 0 aliphatic carbocycles. The Hall–Kier alpha value is -3.14. The van der Waals surface area contributed by atoms with Crippen LogP contribution in [0.25, 0.3) is 11.1 Å². The van der Waals surface area contributed by atoms with E-state index in [-0.39, 0.29) is 31.9 Å². The Kier molecular flexibility index (Phi) is 6.09. The third-order valence-electron chi connectivity index (χ3n) is 4.50. The number of hydrogen-bond donors (Lipinski definition) is 3. The largest absolute Gasteiger partial charge is 0.465 e. The van der Waals surface area contributed by atoms with E-state index in [2.05, 4.69) is 10.6 Å². The SMILES string of the molecule is O=C(O)NCCOCCCc1cccc2c1oc(=O)n2C1CCC(=O)NC1=O. The van der Waals surface area contributed by atoms with Crippen molar-refractivity contribution in [2.45, 2.75) is 31.7 Å². The molecule has 3 amide bonds. The number of aryl methyl sites for hydroxylation is 1. The van der Waals surface area contributed by atoms with Crippen LogP contribution in [0.3, 0.4) is 0 Å². The molecule has 0 radical (unpaired) electrons. The molecule has 1 atom stereocenters. The number of piperidine rings is 1. The summed E-state index contributed by atoms with van der Waals surface area (Å²) in [6.45, 7) is 0.918. The average molecular weight is 391 g/mol. The topological polar surface area (TPSA) is 140 Å². The van der Waals surface area contributed by atoms with E-state index >= 15 is 0 Å². The minimum atomic E-state index is -1.09. The lowest BCUT2D eigenvalue weighted by Crippen LogP contribution is -2.43. The molecule has 1 aliphatic rings. The lowest BCUT2D eigenvalue weighted by atomic mass is 10.0. The maximum atomic E-state index is 12.4. The van der Waals surface area contributed by atoms with Gasteiger partial charge >= 0.3 is 11.8 Å². The smallest absolute Gasteiger partial charge is 0.420 e. The monoisotopic (exact) mass is 391 g/mol. The number of rotatable bonds is 8. The molecule has 3 N–H and O–H groups in total. The predicted molar refractivity (Wildman–Crippen MR) is 97.1 cm³/mol. The van der Waals surface area contributed by atoms with Crippen LogP contribution in [0.4, 0.5) is 4.79 Å². The highest BCUT2D eigenvalue weighted by atomic mass is 16.5. The van der Waals surface area contributed by atoms with E-state index in [1.165, 1.54) is 4.57 Å². The van der Waals surface area contributed by atoms with Gasteiger partial charge in [-0.2, -0.15) is 0 Å². The number of ether oxygens (including phenoxy) is 1. The number of nitrogens with zero attached hydrogens (tertiary/aromatic N) is 1. The van der Waals surface area contributed by atoms with E-state index in [0.29, 0.717) is 30.5 Å². The molecule has 1 fully saturated rings. The van der Waals surface area contributed by atoms with E-state index in [1.807, 2.05) is 6.07 Å². The number of carbonyl (C=O) groups is 3. The van der Waals surface area contributed by atoms with Gasteiger partial charge < -0.3 is 19.6 Å². The highest BCUT2D eigenvalue weighted by Gasteiger charge is 2.31. The molecule has 2 heterocycles. The van der Waals surface area contributed by atoms with Gasteiger partial charge in [-0.1, -0.05) is 12.1 Å². The first-order valence-corrected chi connectivity index (χ1v) is 8.98. The number of carboxylic acid groups (broad SMARTS) is 1. The van der Waals surface area contributed by atoms with Crippen molar-refractivity contribution in [2.24, 2.45) is 0 Å². The van der Waals surface area contributed by atoms with Gasteiger partial charge in [0.05, 0.1) is 12.1 Å². The molecule has 0 saturated carbocycles. The number of oxazole rings is 1. The quantitative estimate of drug-likeness (QED) is 0.446. The number of aromatic nitrogens is 1. The first kappa shape index (κ1) is 19.6. The Bertz CT molecular complexity index is 946. The van der Waals surface area contributed by atoms with Crippen LogP contribution in [0.5, 0.6) is 0 Å². The molecule has 28 heavy (non-hydrogen) atoms. The van der Waals surface area contributed by atoms with Crippen LogP contribution in [0.15, 0.2) is 27.4 Å². The minimum Gasteiger partial charge on any atom is -0.465 e. The lowest BCUT2D eigenvalue weighted by Gasteiger charge is -2.21. The van der Waals surface area contributed by atoms with Gasteiger partial charge in [0.25, 0.3) is 0 Å². The first-order valence-electron chi connectivity index (χ1n) is 8.98. The van der Waals surface area contributed by atoms with Crippen molar-refractivity contribution in [3.63, 3.8) is 0 Å². The van der Waals surface area contributed by atoms with Crippen molar-refractivity contribution in [3.05, 3.63) is 34.3 Å². The van der Waals surface area contributed by atoms with Crippen LogP contribution < -0.4 is 16.4 Å². The number of amides is 3. The number of para-hydroxylation sites is 1. The fourth-order valence-electron chi connectivity index (χ4n) is 3.23. The Balaban J connectivity index is 1.67. The summed E-state index contributed by atoms with van der Waals surface area (Å²) in [6, 6.07) is 4.56. The van der Waals surface area contributed by atoms with Crippen LogP contribution in [0, 0.1) is 0 Å². The Morgan fingerprint density at radius 2 is 2.14 bits per heavy atom. The zero-order valence-corrected chi connectivity index (χ0v) is 15.1. The van der Waals surface area contributed by atoms with Crippen LogP contribution in [0.1, 0.15) is 30.9 Å². The summed E-state index contributed by atoms with van der Waals surface area (Å²) in [5, 5.41) is 12.9. The van der Waals surface area contributed by atoms with Crippen molar-refractivity contribution in [1.82, 2.24) is 15.2 Å². The molecule has 1 aliphatic heterocycles. The fourth-order valence-corrected chi connectivity index (χ4v) is 3.23. The van der Waals surface area contributed by atoms with Gasteiger partial charge in [-0.3, -0.25) is 19.5 Å². The molecule has 10 nitrogen and oxygen atoms in total. The number of benzene rings is 1. The predicted octanol–water partition coefficient (Wildman–Crippen LogP) is 0.789. The van der Waals surface area contributed by atoms with Crippen LogP contribution >= 0.6 is 0 Å². The van der Waals surface area contributed by atoms with E-state index in [4.69, 9.17) is 14.3 Å². The van der Waals surface area contributed by atoms with Crippen molar-refractivity contribution >= 4 is 29.0 Å². The second-order valence-electron chi connectivity index (χ2n) is 6.42. The van der Waals surface area contributed by atoms with Crippen molar-refractivity contribution in [1.29, 1.82) is 0 Å². The van der Waals surface area contributed by atoms with Crippen LogP contribution in [0.2, 0.25) is 0 Å². The van der Waals surface area contributed by atoms with E-state index in [0.717, 1.165) is 5.56 Å². The summed E-state index contributed by atoms with van der Waals surface area (Å²) >= 11 is 0. The summed E-state index contributed by atoms with van der Waals surface area (Å²) in [4.78, 5) is 46.2. The van der Waals surface area contributed by atoms with Crippen molar-refractivity contribution < 1.29 is 28.6 Å². The van der Waals surface area contributed by atoms with Gasteiger partial charge in [0, 0.05) is 19.6 Å². The molecule has 0 bridgehead atoms. The van der Waals surface area contributed by atoms with Gasteiger partial charge in [0.15, 0.2) is 5.58 Å². The second-order valence-corrected chi connectivity index (χ2v) is 6.42. The highest BCUT2D eigenvalue weighted by molar-refractivity contribution is 6.00. The standard InChI is InChI=1S/C18H21N3O7/c22-14-7-6-13(16(23)20-14)21-12-5-1-3-11(15(12)28-18(21)26)4-2-9-27-10-8-19-17(24)25/h1,3,5,13,19H,2,4,6-10H2,(H,24,25)(H,20,22,23). The summed E-state index contributed by atoms with van der Waals surface area (Å²) in [7, 11) is 0. The minimum absolute atomic E-state index is 0.170. The number of carbonyl (C=O) groups excluding carboxylic acids is 2. The molecular weight excluding hydrogens is 370 g/mol. The third-order valence-corrected chi connectivity index (χ3v) is 4.50. The normalized spacial score (nSPS) is 16.9. The molecule has 1 saturated heterocycles. The Morgan fingerprint density at radius 3 is 2.89 bits per heavy atom. The molecule has 3 rings (SSSR count). The number of hydrogen-bond acceptors (Lipinski definition) is 6. The van der Waals surface area contributed by atoms with Gasteiger partial charge in [-0.15, -0.1) is 0 Å². The number of fused-ring (bicyclic) bond motifs is 1. The van der Waals surface area contributed by atoms with Crippen molar-refractivity contribution in [3.8, 4) is 0 Å². The maximum Gasteiger partial charge on any atom is 0.420 e. The zero-order valence-electron chi connectivity index (χ0n) is 15.1. The van der Waals surface area contributed by atoms with Gasteiger partial charge in [-0.25, -0.2) is 9.59 Å². The third kappa shape index (κ3) is 4.39. The Morgan fingerprint density at radius 1 is 1.32 bits per heavy atom. The van der Waals surface area contributed by atoms with Crippen molar-refractivity contribution in [2.75, 3.05) is 19.8 Å². The lowest BCUT2D eigenvalue weighted by molar-refractivity contribution is -0.135. The average Bonchev–Trinajstić information content (AvgIpc) is 2.97. The van der Waals surface area contributed by atoms with E-state index in [9.17, 15) is 19.2 Å². The molecule has 150 valence electrons. The van der Waals surface area contributed by atoms with Gasteiger partial charge in [0.2, 0.25) is 11.8 Å². The van der Waals surface area contributed by atoms with E-state index < -0.39 is 23.8 Å².